The van der Waals surface area contributed by atoms with Gasteiger partial charge in [-0.25, -0.2) is 4.39 Å². The van der Waals surface area contributed by atoms with Crippen molar-refractivity contribution < 1.29 is 4.39 Å². The second-order valence-electron chi connectivity index (χ2n) is 6.33. The highest BCUT2D eigenvalue weighted by atomic mass is 127. The van der Waals surface area contributed by atoms with Gasteiger partial charge in [0.2, 0.25) is 0 Å². The molecule has 0 saturated heterocycles. The molecule has 0 aliphatic rings. The van der Waals surface area contributed by atoms with Crippen LogP contribution >= 0.6 is 24.0 Å². The van der Waals surface area contributed by atoms with Crippen LogP contribution in [0.25, 0.3) is 0 Å². The first-order valence-electron chi connectivity index (χ1n) is 8.41. The molecule has 2 N–H and O–H groups in total. The van der Waals surface area contributed by atoms with Crippen LogP contribution < -0.4 is 10.6 Å². The van der Waals surface area contributed by atoms with E-state index in [4.69, 9.17) is 0 Å². The average Bonchev–Trinajstić information content (AvgIpc) is 2.59. The molecule has 2 aromatic rings. The van der Waals surface area contributed by atoms with E-state index in [0.29, 0.717) is 13.1 Å². The summed E-state index contributed by atoms with van der Waals surface area (Å²) in [4.78, 5) is 6.39. The number of nitrogens with zero attached hydrogens (tertiary/aromatic N) is 2. The Kier molecular flexibility index (Phi) is 9.58. The number of halogens is 2. The van der Waals surface area contributed by atoms with Crippen LogP contribution in [0.2, 0.25) is 0 Å². The Morgan fingerprint density at radius 3 is 2.38 bits per heavy atom. The second-order valence-corrected chi connectivity index (χ2v) is 6.33. The van der Waals surface area contributed by atoms with E-state index in [0.717, 1.165) is 11.5 Å². The molecule has 0 saturated carbocycles. The highest BCUT2D eigenvalue weighted by Crippen LogP contribution is 2.17. The molecule has 0 heterocycles. The second kappa shape index (κ2) is 11.1. The molecular weight excluding hydrogens is 442 g/mol. The van der Waals surface area contributed by atoms with Crippen molar-refractivity contribution in [3.8, 4) is 0 Å². The van der Waals surface area contributed by atoms with E-state index < -0.39 is 0 Å². The molecule has 4 nitrogen and oxygen atoms in total. The van der Waals surface area contributed by atoms with Crippen LogP contribution in [0.3, 0.4) is 0 Å². The first-order valence-corrected chi connectivity index (χ1v) is 8.41. The van der Waals surface area contributed by atoms with Gasteiger partial charge in [-0.05, 0) is 44.3 Å². The standard InChI is InChI=1S/C20H27FN4.HI/c1-15-6-5-7-16(12-15)13-23-20(22-2)24-14-19(25(3)4)17-8-10-18(21)11-9-17;/h5-12,19H,13-14H2,1-4H3,(H2,22,23,24);1H. The third kappa shape index (κ3) is 6.92. The summed E-state index contributed by atoms with van der Waals surface area (Å²) in [6, 6.07) is 15.1. The lowest BCUT2D eigenvalue weighted by Crippen LogP contribution is -2.41. The van der Waals surface area contributed by atoms with Crippen molar-refractivity contribution in [3.05, 3.63) is 71.0 Å². The van der Waals surface area contributed by atoms with Gasteiger partial charge in [-0.15, -0.1) is 24.0 Å². The summed E-state index contributed by atoms with van der Waals surface area (Å²) in [5.74, 6) is 0.528. The summed E-state index contributed by atoms with van der Waals surface area (Å²) in [7, 11) is 5.78. The zero-order valence-corrected chi connectivity index (χ0v) is 18.1. The van der Waals surface area contributed by atoms with Crippen LogP contribution in [0.4, 0.5) is 4.39 Å². The SMILES string of the molecule is CN=C(NCc1cccc(C)c1)NCC(c1ccc(F)cc1)N(C)C.I. The molecule has 0 spiro atoms. The molecule has 2 aromatic carbocycles. The third-order valence-corrected chi connectivity index (χ3v) is 4.11. The predicted molar refractivity (Wildman–Crippen MR) is 118 cm³/mol. The average molecular weight is 470 g/mol. The van der Waals surface area contributed by atoms with Crippen molar-refractivity contribution >= 4 is 29.9 Å². The third-order valence-electron chi connectivity index (χ3n) is 4.11. The molecule has 0 bridgehead atoms. The van der Waals surface area contributed by atoms with Gasteiger partial charge < -0.3 is 15.5 Å². The Bertz CT molecular complexity index is 701. The summed E-state index contributed by atoms with van der Waals surface area (Å²) in [5, 5.41) is 6.68. The van der Waals surface area contributed by atoms with Crippen LogP contribution in [0.15, 0.2) is 53.5 Å². The van der Waals surface area contributed by atoms with Gasteiger partial charge in [0.05, 0.1) is 6.04 Å². The van der Waals surface area contributed by atoms with Crippen molar-refractivity contribution in [2.75, 3.05) is 27.7 Å². The van der Waals surface area contributed by atoms with E-state index in [9.17, 15) is 4.39 Å². The largest absolute Gasteiger partial charge is 0.354 e. The van der Waals surface area contributed by atoms with Crippen molar-refractivity contribution in [3.63, 3.8) is 0 Å². The fourth-order valence-corrected chi connectivity index (χ4v) is 2.71. The summed E-state index contributed by atoms with van der Waals surface area (Å²) in [6.45, 7) is 3.47. The number of likely N-dealkylation sites (N-methyl/N-ethyl adjacent to an activating group) is 1. The van der Waals surface area contributed by atoms with Crippen LogP contribution in [0, 0.1) is 12.7 Å². The number of aryl methyl sites for hydroxylation is 1. The minimum atomic E-state index is -0.218. The van der Waals surface area contributed by atoms with Crippen LogP contribution in [0.5, 0.6) is 0 Å². The van der Waals surface area contributed by atoms with Gasteiger partial charge in [-0.1, -0.05) is 42.0 Å². The fraction of sp³-hybridized carbons (Fsp3) is 0.350. The van der Waals surface area contributed by atoms with Gasteiger partial charge in [-0.3, -0.25) is 4.99 Å². The quantitative estimate of drug-likeness (QED) is 0.384. The zero-order chi connectivity index (χ0) is 18.2. The predicted octanol–water partition coefficient (Wildman–Crippen LogP) is 3.72. The summed E-state index contributed by atoms with van der Waals surface area (Å²) in [5.41, 5.74) is 3.52. The molecule has 0 amide bonds. The molecule has 0 aliphatic heterocycles. The maximum absolute atomic E-state index is 13.2. The molecule has 2 rings (SSSR count). The van der Waals surface area contributed by atoms with Gasteiger partial charge in [0.1, 0.15) is 5.82 Å². The van der Waals surface area contributed by atoms with Crippen LogP contribution in [0.1, 0.15) is 22.7 Å². The molecule has 0 fully saturated rings. The molecular formula is C20H28FIN4. The number of hydrogen-bond donors (Lipinski definition) is 2. The number of nitrogens with one attached hydrogen (secondary N) is 2. The minimum absolute atomic E-state index is 0. The highest BCUT2D eigenvalue weighted by Gasteiger charge is 2.14. The maximum Gasteiger partial charge on any atom is 0.191 e. The van der Waals surface area contributed by atoms with Crippen molar-refractivity contribution in [2.45, 2.75) is 19.5 Å². The van der Waals surface area contributed by atoms with Crippen LogP contribution in [-0.4, -0.2) is 38.5 Å². The van der Waals surface area contributed by atoms with E-state index in [1.54, 1.807) is 7.05 Å². The minimum Gasteiger partial charge on any atom is -0.354 e. The van der Waals surface area contributed by atoms with E-state index in [-0.39, 0.29) is 35.8 Å². The Labute approximate surface area is 172 Å². The Hall–Kier alpha value is -1.67. The van der Waals surface area contributed by atoms with Gasteiger partial charge in [0, 0.05) is 20.1 Å². The Morgan fingerprint density at radius 2 is 1.81 bits per heavy atom. The van der Waals surface area contributed by atoms with Gasteiger partial charge >= 0.3 is 0 Å². The maximum atomic E-state index is 13.2. The molecule has 0 aromatic heterocycles. The molecule has 6 heteroatoms. The lowest BCUT2D eigenvalue weighted by molar-refractivity contribution is 0.298. The number of benzene rings is 2. The Balaban J connectivity index is 0.00000338. The van der Waals surface area contributed by atoms with Crippen molar-refractivity contribution in [1.82, 2.24) is 15.5 Å². The number of aliphatic imine (C=N–C) groups is 1. The molecule has 0 radical (unpaired) electrons. The first kappa shape index (κ1) is 22.4. The number of rotatable bonds is 6. The lowest BCUT2D eigenvalue weighted by Gasteiger charge is -2.26. The highest BCUT2D eigenvalue weighted by molar-refractivity contribution is 14.0. The van der Waals surface area contributed by atoms with Gasteiger partial charge in [0.25, 0.3) is 0 Å². The topological polar surface area (TPSA) is 39.7 Å². The van der Waals surface area contributed by atoms with E-state index in [2.05, 4.69) is 51.7 Å². The molecule has 142 valence electrons. The monoisotopic (exact) mass is 470 g/mol. The first-order chi connectivity index (χ1) is 12.0. The lowest BCUT2D eigenvalue weighted by atomic mass is 10.1. The van der Waals surface area contributed by atoms with Crippen molar-refractivity contribution in [2.24, 2.45) is 4.99 Å². The molecule has 0 aliphatic carbocycles. The normalized spacial score (nSPS) is 12.5. The Morgan fingerprint density at radius 1 is 1.12 bits per heavy atom. The smallest absolute Gasteiger partial charge is 0.191 e. The van der Waals surface area contributed by atoms with E-state index >= 15 is 0 Å². The van der Waals surface area contributed by atoms with Gasteiger partial charge in [-0.2, -0.15) is 0 Å². The molecule has 1 atom stereocenters. The summed E-state index contributed by atoms with van der Waals surface area (Å²) >= 11 is 0. The van der Waals surface area contributed by atoms with E-state index in [1.807, 2.05) is 26.2 Å². The number of hydrogen-bond acceptors (Lipinski definition) is 2. The molecule has 1 unspecified atom stereocenters. The van der Waals surface area contributed by atoms with E-state index in [1.165, 1.54) is 23.3 Å². The van der Waals surface area contributed by atoms with Crippen LogP contribution in [-0.2, 0) is 6.54 Å². The summed E-state index contributed by atoms with van der Waals surface area (Å²) < 4.78 is 13.2. The zero-order valence-electron chi connectivity index (χ0n) is 15.8. The van der Waals surface area contributed by atoms with Crippen molar-refractivity contribution in [1.29, 1.82) is 0 Å². The molecule has 26 heavy (non-hydrogen) atoms. The fourth-order valence-electron chi connectivity index (χ4n) is 2.71. The summed E-state index contributed by atoms with van der Waals surface area (Å²) in [6.07, 6.45) is 0. The van der Waals surface area contributed by atoms with Gasteiger partial charge in [0.15, 0.2) is 5.96 Å². The number of guanidine groups is 1.